The summed E-state index contributed by atoms with van der Waals surface area (Å²) in [7, 11) is 0. The molecule has 0 heterocycles. The summed E-state index contributed by atoms with van der Waals surface area (Å²) in [5.74, 6) is 0. The molecule has 0 aromatic heterocycles. The number of alkyl halides is 1. The molecule has 0 aromatic rings. The minimum atomic E-state index is -1.55. The highest BCUT2D eigenvalue weighted by Crippen LogP contribution is 1.90. The van der Waals surface area contributed by atoms with Crippen molar-refractivity contribution in [1.29, 1.82) is 0 Å². The lowest BCUT2D eigenvalue weighted by molar-refractivity contribution is 0.0661. The summed E-state index contributed by atoms with van der Waals surface area (Å²) < 4.78 is 15.3. The van der Waals surface area contributed by atoms with Crippen LogP contribution in [0, 0.1) is 0 Å². The number of rotatable bonds is 4. The van der Waals surface area contributed by atoms with E-state index >= 15 is 0 Å². The molecule has 0 aliphatic rings. The van der Waals surface area contributed by atoms with Crippen LogP contribution in [0.4, 0.5) is 9.18 Å². The van der Waals surface area contributed by atoms with Crippen molar-refractivity contribution < 1.29 is 19.0 Å². The lowest BCUT2D eigenvalue weighted by Gasteiger charge is -1.94. The number of halogens is 1. The summed E-state index contributed by atoms with van der Waals surface area (Å²) in [4.78, 5) is 9.54. The van der Waals surface area contributed by atoms with Gasteiger partial charge in [-0.25, -0.2) is 0 Å². The summed E-state index contributed by atoms with van der Waals surface area (Å²) >= 11 is 0. The van der Waals surface area contributed by atoms with Crippen molar-refractivity contribution in [3.8, 4) is 0 Å². The fourth-order valence-corrected chi connectivity index (χ4v) is 0.352. The molecule has 0 aromatic carbocycles. The third kappa shape index (κ3) is 7.20. The Morgan fingerprint density at radius 3 is 2.56 bits per heavy atom. The van der Waals surface area contributed by atoms with Gasteiger partial charge in [0.1, 0.15) is 0 Å². The second-order valence-corrected chi connectivity index (χ2v) is 1.49. The first kappa shape index (κ1) is 8.20. The Hall–Kier alpha value is -0.800. The van der Waals surface area contributed by atoms with Crippen molar-refractivity contribution in [2.24, 2.45) is 0 Å². The summed E-state index contributed by atoms with van der Waals surface area (Å²) in [6.45, 7) is -0.400. The minimum absolute atomic E-state index is 0.0340. The molecule has 0 aliphatic heterocycles. The molecule has 0 saturated carbocycles. The summed E-state index contributed by atoms with van der Waals surface area (Å²) in [6, 6.07) is 0. The first-order chi connectivity index (χ1) is 4.27. The lowest BCUT2D eigenvalue weighted by Crippen LogP contribution is -2.00. The fourth-order valence-electron chi connectivity index (χ4n) is 0.352. The van der Waals surface area contributed by atoms with Crippen LogP contribution in [0.15, 0.2) is 0 Å². The predicted molar refractivity (Wildman–Crippen MR) is 27.2 cm³/mol. The van der Waals surface area contributed by atoms with E-state index in [1.54, 1.807) is 0 Å². The van der Waals surface area contributed by atoms with E-state index in [0.717, 1.165) is 0 Å². The highest BCUT2D eigenvalue weighted by atomic mass is 19.1. The zero-order valence-electron chi connectivity index (χ0n) is 4.93. The second kappa shape index (κ2) is 5.34. The average molecular weight is 135 g/mol. The molecule has 0 N–H and O–H groups in total. The zero-order chi connectivity index (χ0) is 7.11. The van der Waals surface area contributed by atoms with Gasteiger partial charge in [-0.15, -0.1) is 0 Å². The maximum Gasteiger partial charge on any atom is 0.549 e. The molecule has 4 heteroatoms. The highest BCUT2D eigenvalue weighted by molar-refractivity contribution is 5.56. The van der Waals surface area contributed by atoms with Crippen LogP contribution in [0.3, 0.4) is 0 Å². The van der Waals surface area contributed by atoms with Gasteiger partial charge in [0, 0.05) is 0 Å². The number of ether oxygens (including phenoxy) is 1. The van der Waals surface area contributed by atoms with E-state index in [-0.39, 0.29) is 6.61 Å². The third-order valence-corrected chi connectivity index (χ3v) is 0.748. The number of carbonyl (C=O) groups is 1. The number of hydrogen-bond acceptors (Lipinski definition) is 2. The highest BCUT2D eigenvalue weighted by Gasteiger charge is 1.96. The largest absolute Gasteiger partial charge is 0.549 e. The van der Waals surface area contributed by atoms with Crippen molar-refractivity contribution in [3.63, 3.8) is 0 Å². The molecule has 53 valence electrons. The Morgan fingerprint density at radius 1 is 1.44 bits per heavy atom. The van der Waals surface area contributed by atoms with Crippen LogP contribution in [0.1, 0.15) is 12.8 Å². The van der Waals surface area contributed by atoms with E-state index in [4.69, 9.17) is 0 Å². The topological polar surface area (TPSA) is 46.2 Å². The average Bonchev–Trinajstić information content (AvgIpc) is 1.80. The van der Waals surface area contributed by atoms with Crippen LogP contribution in [0.2, 0.25) is 0 Å². The summed E-state index contributed by atoms with van der Waals surface area (Å²) in [5, 5.41) is 9.54. The normalized spacial score (nSPS) is 9.00. The molecule has 0 amide bonds. The monoisotopic (exact) mass is 135 g/mol. The van der Waals surface area contributed by atoms with Gasteiger partial charge in [-0.05, 0) is 12.8 Å². The van der Waals surface area contributed by atoms with Gasteiger partial charge in [-0.3, -0.25) is 4.39 Å². The molecule has 0 spiro atoms. The van der Waals surface area contributed by atoms with Gasteiger partial charge in [0.2, 0.25) is 0 Å². The maximum absolute atomic E-state index is 11.3. The quantitative estimate of drug-likeness (QED) is 0.431. The van der Waals surface area contributed by atoms with Crippen molar-refractivity contribution >= 4 is 6.16 Å². The molecule has 0 fully saturated rings. The molecule has 3 nitrogen and oxygen atoms in total. The molecule has 1 radical (unpaired) electrons. The van der Waals surface area contributed by atoms with E-state index in [2.05, 4.69) is 4.74 Å². The smallest absolute Gasteiger partial charge is 0.432 e. The third-order valence-electron chi connectivity index (χ3n) is 0.748. The molecule has 0 bridgehead atoms. The molecular weight excluding hydrogens is 127 g/mol. The van der Waals surface area contributed by atoms with E-state index in [1.165, 1.54) is 0 Å². The first-order valence-electron chi connectivity index (χ1n) is 2.67. The van der Waals surface area contributed by atoms with Crippen LogP contribution < -0.4 is 0 Å². The van der Waals surface area contributed by atoms with Gasteiger partial charge in [0.25, 0.3) is 0 Å². The van der Waals surface area contributed by atoms with E-state index in [1.807, 2.05) is 0 Å². The van der Waals surface area contributed by atoms with Gasteiger partial charge in [0.15, 0.2) is 0 Å². The van der Waals surface area contributed by atoms with Crippen molar-refractivity contribution in [1.82, 2.24) is 0 Å². The van der Waals surface area contributed by atoms with Crippen molar-refractivity contribution in [2.75, 3.05) is 13.3 Å². The first-order valence-corrected chi connectivity index (χ1v) is 2.67. The summed E-state index contributed by atoms with van der Waals surface area (Å²) in [6.07, 6.45) is -0.786. The molecule has 0 aliphatic carbocycles. The summed E-state index contributed by atoms with van der Waals surface area (Å²) in [5.41, 5.74) is 0. The molecule has 0 saturated heterocycles. The van der Waals surface area contributed by atoms with Crippen LogP contribution in [0.25, 0.3) is 0 Å². The van der Waals surface area contributed by atoms with Gasteiger partial charge in [-0.2, -0.15) is 9.90 Å². The number of hydrogen-bond donors (Lipinski definition) is 0. The van der Waals surface area contributed by atoms with Gasteiger partial charge in [-0.1, -0.05) is 0 Å². The van der Waals surface area contributed by atoms with E-state index in [0.29, 0.717) is 12.8 Å². The van der Waals surface area contributed by atoms with Gasteiger partial charge < -0.3 is 4.74 Å². The molecular formula is C5H8FO3. The number of unbranched alkanes of at least 4 members (excludes halogenated alkanes) is 1. The Labute approximate surface area is 52.4 Å². The Morgan fingerprint density at radius 2 is 2.11 bits per heavy atom. The van der Waals surface area contributed by atoms with Crippen LogP contribution in [0.5, 0.6) is 0 Å². The SMILES string of the molecule is [O]C(=O)OCCCCF. The Bertz CT molecular complexity index is 84.3. The fraction of sp³-hybridized carbons (Fsp3) is 0.800. The Balaban J connectivity index is 2.83. The number of carbonyl (C=O) groups excluding carboxylic acids is 1. The van der Waals surface area contributed by atoms with Crippen molar-refractivity contribution in [2.45, 2.75) is 12.8 Å². The molecule has 9 heavy (non-hydrogen) atoms. The minimum Gasteiger partial charge on any atom is -0.432 e. The zero-order valence-corrected chi connectivity index (χ0v) is 4.93. The van der Waals surface area contributed by atoms with E-state index < -0.39 is 12.8 Å². The second-order valence-electron chi connectivity index (χ2n) is 1.49. The van der Waals surface area contributed by atoms with Crippen LogP contribution in [-0.2, 0) is 9.84 Å². The standard InChI is InChI=1S/C5H8FO3/c6-3-1-2-4-9-5(7)8/h1-4H2. The van der Waals surface area contributed by atoms with Gasteiger partial charge >= 0.3 is 6.16 Å². The Kier molecular flexibility index (Phi) is 4.86. The van der Waals surface area contributed by atoms with Gasteiger partial charge in [0.05, 0.1) is 13.3 Å². The van der Waals surface area contributed by atoms with Crippen LogP contribution >= 0.6 is 0 Å². The van der Waals surface area contributed by atoms with Crippen molar-refractivity contribution in [3.05, 3.63) is 0 Å². The molecule has 0 unspecified atom stereocenters. The maximum atomic E-state index is 11.3. The molecule has 0 rings (SSSR count). The lowest BCUT2D eigenvalue weighted by atomic mass is 10.3. The van der Waals surface area contributed by atoms with E-state index in [9.17, 15) is 14.3 Å². The predicted octanol–water partition coefficient (Wildman–Crippen LogP) is 1.30. The molecule has 0 atom stereocenters. The van der Waals surface area contributed by atoms with Crippen LogP contribution in [-0.4, -0.2) is 19.4 Å².